The Morgan fingerprint density at radius 2 is 2.14 bits per heavy atom. The Morgan fingerprint density at radius 3 is 2.57 bits per heavy atom. The van der Waals surface area contributed by atoms with E-state index in [9.17, 15) is 9.59 Å². The van der Waals surface area contributed by atoms with Crippen LogP contribution < -0.4 is 5.73 Å². The van der Waals surface area contributed by atoms with Crippen LogP contribution in [-0.2, 0) is 9.53 Å². The molecule has 1 unspecified atom stereocenters. The zero-order valence-corrected chi connectivity index (χ0v) is 8.76. The van der Waals surface area contributed by atoms with Crippen LogP contribution in [0.25, 0.3) is 0 Å². The van der Waals surface area contributed by atoms with E-state index in [0.717, 1.165) is 4.88 Å². The van der Waals surface area contributed by atoms with Gasteiger partial charge in [-0.25, -0.2) is 4.79 Å². The van der Waals surface area contributed by atoms with Crippen molar-refractivity contribution in [3.63, 3.8) is 0 Å². The van der Waals surface area contributed by atoms with Crippen molar-refractivity contribution in [3.05, 3.63) is 21.9 Å². The number of rotatable bonds is 3. The molecule has 0 aliphatic heterocycles. The lowest BCUT2D eigenvalue weighted by Gasteiger charge is -2.07. The third-order valence-corrected chi connectivity index (χ3v) is 2.61. The normalized spacial score (nSPS) is 12.1. The Labute approximate surface area is 85.7 Å². The molecule has 1 atom stereocenters. The number of hydrogen-bond acceptors (Lipinski definition) is 4. The fraction of sp³-hybridized carbons (Fsp3) is 0.333. The number of aryl methyl sites for hydroxylation is 1. The summed E-state index contributed by atoms with van der Waals surface area (Å²) in [5.74, 6) is -1.15. The first-order valence-corrected chi connectivity index (χ1v) is 4.89. The summed E-state index contributed by atoms with van der Waals surface area (Å²) in [5, 5.41) is 0. The monoisotopic (exact) mass is 213 g/mol. The summed E-state index contributed by atoms with van der Waals surface area (Å²) < 4.78 is 4.81. The van der Waals surface area contributed by atoms with Gasteiger partial charge in [0, 0.05) is 4.88 Å². The van der Waals surface area contributed by atoms with E-state index in [1.807, 2.05) is 13.0 Å². The second kappa shape index (κ2) is 4.23. The van der Waals surface area contributed by atoms with Crippen LogP contribution in [0.15, 0.2) is 12.1 Å². The van der Waals surface area contributed by atoms with Crippen molar-refractivity contribution < 1.29 is 14.3 Å². The lowest BCUT2D eigenvalue weighted by Crippen LogP contribution is -2.30. The summed E-state index contributed by atoms with van der Waals surface area (Å²) >= 11 is 1.32. The molecular formula is C9H11NO3S. The van der Waals surface area contributed by atoms with Crippen molar-refractivity contribution in [2.75, 3.05) is 0 Å². The number of thiophene rings is 1. The Kier molecular flexibility index (Phi) is 3.24. The van der Waals surface area contributed by atoms with Gasteiger partial charge in [-0.05, 0) is 26.0 Å². The molecule has 0 aliphatic carbocycles. The highest BCUT2D eigenvalue weighted by molar-refractivity contribution is 7.13. The van der Waals surface area contributed by atoms with Crippen LogP contribution in [0.4, 0.5) is 0 Å². The average molecular weight is 213 g/mol. The van der Waals surface area contributed by atoms with Gasteiger partial charge >= 0.3 is 5.97 Å². The number of carbonyl (C=O) groups is 2. The van der Waals surface area contributed by atoms with Crippen LogP contribution >= 0.6 is 11.3 Å². The SMILES string of the molecule is Cc1ccc(C(=O)OC(C)C(N)=O)s1. The minimum absolute atomic E-state index is 0.482. The van der Waals surface area contributed by atoms with Crippen molar-refractivity contribution in [2.24, 2.45) is 5.73 Å². The highest BCUT2D eigenvalue weighted by Crippen LogP contribution is 2.16. The topological polar surface area (TPSA) is 69.4 Å². The number of hydrogen-bond donors (Lipinski definition) is 1. The lowest BCUT2D eigenvalue weighted by molar-refractivity contribution is -0.125. The van der Waals surface area contributed by atoms with Crippen LogP contribution in [0.1, 0.15) is 21.5 Å². The van der Waals surface area contributed by atoms with Crippen LogP contribution in [-0.4, -0.2) is 18.0 Å². The first kappa shape index (κ1) is 10.7. The first-order chi connectivity index (χ1) is 6.50. The molecule has 2 N–H and O–H groups in total. The maximum atomic E-state index is 11.4. The van der Waals surface area contributed by atoms with Gasteiger partial charge in [0.1, 0.15) is 4.88 Å². The molecule has 0 radical (unpaired) electrons. The molecule has 76 valence electrons. The van der Waals surface area contributed by atoms with Crippen molar-refractivity contribution in [2.45, 2.75) is 20.0 Å². The fourth-order valence-electron chi connectivity index (χ4n) is 0.821. The molecule has 1 aromatic heterocycles. The number of nitrogens with two attached hydrogens (primary N) is 1. The van der Waals surface area contributed by atoms with E-state index in [2.05, 4.69) is 0 Å². The molecule has 0 aliphatic rings. The quantitative estimate of drug-likeness (QED) is 0.764. The van der Waals surface area contributed by atoms with Gasteiger partial charge in [0.25, 0.3) is 5.91 Å². The van der Waals surface area contributed by atoms with Crippen molar-refractivity contribution in [1.29, 1.82) is 0 Å². The van der Waals surface area contributed by atoms with Crippen molar-refractivity contribution >= 4 is 23.2 Å². The first-order valence-electron chi connectivity index (χ1n) is 4.07. The summed E-state index contributed by atoms with van der Waals surface area (Å²) in [7, 11) is 0. The van der Waals surface area contributed by atoms with Gasteiger partial charge in [0.15, 0.2) is 6.10 Å². The van der Waals surface area contributed by atoms with E-state index >= 15 is 0 Å². The predicted molar refractivity (Wildman–Crippen MR) is 53.1 cm³/mol. The fourth-order valence-corrected chi connectivity index (χ4v) is 1.57. The van der Waals surface area contributed by atoms with E-state index in [4.69, 9.17) is 10.5 Å². The van der Waals surface area contributed by atoms with Gasteiger partial charge in [-0.1, -0.05) is 0 Å². The minimum atomic E-state index is -0.884. The highest BCUT2D eigenvalue weighted by atomic mass is 32.1. The van der Waals surface area contributed by atoms with E-state index in [1.165, 1.54) is 18.3 Å². The molecule has 1 aromatic rings. The van der Waals surface area contributed by atoms with E-state index in [0.29, 0.717) is 4.88 Å². The standard InChI is InChI=1S/C9H11NO3S/c1-5-3-4-7(14-5)9(12)13-6(2)8(10)11/h3-4,6H,1-2H3,(H2,10,11). The molecule has 0 spiro atoms. The van der Waals surface area contributed by atoms with Gasteiger partial charge in [0.05, 0.1) is 0 Å². The molecule has 1 heterocycles. The maximum Gasteiger partial charge on any atom is 0.349 e. The van der Waals surface area contributed by atoms with Crippen molar-refractivity contribution in [1.82, 2.24) is 0 Å². The molecule has 4 nitrogen and oxygen atoms in total. The minimum Gasteiger partial charge on any atom is -0.448 e. The summed E-state index contributed by atoms with van der Waals surface area (Å²) in [4.78, 5) is 23.5. The van der Waals surface area contributed by atoms with E-state index < -0.39 is 18.0 Å². The van der Waals surface area contributed by atoms with Gasteiger partial charge in [-0.2, -0.15) is 0 Å². The summed E-state index contributed by atoms with van der Waals surface area (Å²) in [5.41, 5.74) is 4.95. The Balaban J connectivity index is 2.63. The van der Waals surface area contributed by atoms with E-state index in [-0.39, 0.29) is 0 Å². The molecule has 14 heavy (non-hydrogen) atoms. The second-order valence-electron chi connectivity index (χ2n) is 2.86. The van der Waals surface area contributed by atoms with Crippen LogP contribution in [0.2, 0.25) is 0 Å². The smallest absolute Gasteiger partial charge is 0.349 e. The van der Waals surface area contributed by atoms with Crippen LogP contribution in [0.3, 0.4) is 0 Å². The van der Waals surface area contributed by atoms with Gasteiger partial charge < -0.3 is 10.5 Å². The third kappa shape index (κ3) is 2.56. The van der Waals surface area contributed by atoms with E-state index in [1.54, 1.807) is 6.07 Å². The molecule has 0 aromatic carbocycles. The molecule has 0 saturated carbocycles. The number of carbonyl (C=O) groups excluding carboxylic acids is 2. The third-order valence-electron chi connectivity index (χ3n) is 1.63. The average Bonchev–Trinajstić information content (AvgIpc) is 2.51. The van der Waals surface area contributed by atoms with Gasteiger partial charge in [-0.15, -0.1) is 11.3 Å². The lowest BCUT2D eigenvalue weighted by atomic mass is 10.4. The molecule has 1 rings (SSSR count). The Hall–Kier alpha value is -1.36. The Morgan fingerprint density at radius 1 is 1.50 bits per heavy atom. The predicted octanol–water partition coefficient (Wildman–Crippen LogP) is 1.09. The molecule has 0 fully saturated rings. The molecule has 5 heteroatoms. The molecule has 0 bridgehead atoms. The van der Waals surface area contributed by atoms with Gasteiger partial charge in [0.2, 0.25) is 0 Å². The molecular weight excluding hydrogens is 202 g/mol. The summed E-state index contributed by atoms with van der Waals surface area (Å²) in [6.07, 6.45) is -0.884. The number of primary amides is 1. The van der Waals surface area contributed by atoms with Gasteiger partial charge in [-0.3, -0.25) is 4.79 Å². The summed E-state index contributed by atoms with van der Waals surface area (Å²) in [6, 6.07) is 3.48. The maximum absolute atomic E-state index is 11.4. The number of esters is 1. The second-order valence-corrected chi connectivity index (χ2v) is 4.15. The number of ether oxygens (including phenoxy) is 1. The molecule has 1 amide bonds. The highest BCUT2D eigenvalue weighted by Gasteiger charge is 2.16. The molecule has 0 saturated heterocycles. The summed E-state index contributed by atoms with van der Waals surface area (Å²) in [6.45, 7) is 3.33. The van der Waals surface area contributed by atoms with Crippen LogP contribution in [0.5, 0.6) is 0 Å². The van der Waals surface area contributed by atoms with Crippen LogP contribution in [0, 0.1) is 6.92 Å². The number of amides is 1. The zero-order valence-electron chi connectivity index (χ0n) is 7.94. The largest absolute Gasteiger partial charge is 0.448 e. The Bertz CT molecular complexity index is 359. The van der Waals surface area contributed by atoms with Crippen molar-refractivity contribution in [3.8, 4) is 0 Å². The zero-order chi connectivity index (χ0) is 10.7.